The van der Waals surface area contributed by atoms with E-state index < -0.39 is 0 Å². The highest BCUT2D eigenvalue weighted by molar-refractivity contribution is 5.24. The molecule has 12 heavy (non-hydrogen) atoms. The molecule has 2 nitrogen and oxygen atoms in total. The number of rotatable bonds is 3. The smallest absolute Gasteiger partial charge is 0.0888 e. The zero-order valence-corrected chi connectivity index (χ0v) is 7.09. The second-order valence-electron chi connectivity index (χ2n) is 2.72. The highest BCUT2D eigenvalue weighted by atomic mass is 15.0. The molecular formula is C10H14N2. The van der Waals surface area contributed by atoms with Crippen LogP contribution in [-0.2, 0) is 0 Å². The van der Waals surface area contributed by atoms with Crippen molar-refractivity contribution in [1.82, 2.24) is 5.32 Å². The fourth-order valence-corrected chi connectivity index (χ4v) is 0.980. The molecule has 0 unspecified atom stereocenters. The Kier molecular flexibility index (Phi) is 3.20. The van der Waals surface area contributed by atoms with Gasteiger partial charge in [0, 0.05) is 6.54 Å². The Bertz CT molecular complexity index is 247. The average molecular weight is 162 g/mol. The van der Waals surface area contributed by atoms with Gasteiger partial charge >= 0.3 is 0 Å². The molecule has 64 valence electrons. The Morgan fingerprint density at radius 2 is 2.33 bits per heavy atom. The molecule has 1 aliphatic rings. The van der Waals surface area contributed by atoms with Crippen LogP contribution in [0.25, 0.3) is 0 Å². The third-order valence-electron chi connectivity index (χ3n) is 1.61. The van der Waals surface area contributed by atoms with Crippen molar-refractivity contribution < 1.29 is 0 Å². The molecule has 0 radical (unpaired) electrons. The summed E-state index contributed by atoms with van der Waals surface area (Å²) in [6.45, 7) is 4.35. The van der Waals surface area contributed by atoms with Crippen molar-refractivity contribution in [3.8, 4) is 0 Å². The van der Waals surface area contributed by atoms with Crippen LogP contribution in [0.1, 0.15) is 6.42 Å². The minimum atomic E-state index is 0.521. The summed E-state index contributed by atoms with van der Waals surface area (Å²) in [5, 5.41) is 2.99. The maximum Gasteiger partial charge on any atom is 0.0888 e. The fourth-order valence-electron chi connectivity index (χ4n) is 0.980. The minimum Gasteiger partial charge on any atom is -0.386 e. The van der Waals surface area contributed by atoms with Gasteiger partial charge in [-0.1, -0.05) is 37.0 Å². The van der Waals surface area contributed by atoms with E-state index in [1.807, 2.05) is 18.2 Å². The van der Waals surface area contributed by atoms with Gasteiger partial charge in [0.15, 0.2) is 0 Å². The van der Waals surface area contributed by atoms with Crippen LogP contribution in [0.4, 0.5) is 0 Å². The van der Waals surface area contributed by atoms with Crippen LogP contribution in [-0.4, -0.2) is 6.54 Å². The standard InChI is InChI=1S/C10H14N2/c1-9(11)12-8-10-6-4-2-3-5-7-10/h2-6,12H,1,7-8,11H2. The minimum absolute atomic E-state index is 0.521. The Labute approximate surface area is 73.1 Å². The molecule has 0 saturated carbocycles. The lowest BCUT2D eigenvalue weighted by atomic mass is 10.2. The highest BCUT2D eigenvalue weighted by Gasteiger charge is 1.94. The van der Waals surface area contributed by atoms with Crippen LogP contribution in [0.2, 0.25) is 0 Å². The van der Waals surface area contributed by atoms with E-state index in [1.54, 1.807) is 0 Å². The van der Waals surface area contributed by atoms with E-state index in [1.165, 1.54) is 5.57 Å². The van der Waals surface area contributed by atoms with Gasteiger partial charge in [0.25, 0.3) is 0 Å². The SMILES string of the molecule is C=C(N)NCC1=CC=CC=CC1. The lowest BCUT2D eigenvalue weighted by Gasteiger charge is -2.06. The van der Waals surface area contributed by atoms with Gasteiger partial charge in [-0.05, 0) is 12.0 Å². The van der Waals surface area contributed by atoms with Crippen LogP contribution in [0.3, 0.4) is 0 Å². The van der Waals surface area contributed by atoms with E-state index in [9.17, 15) is 0 Å². The van der Waals surface area contributed by atoms with Crippen molar-refractivity contribution in [2.45, 2.75) is 6.42 Å². The first kappa shape index (κ1) is 8.65. The van der Waals surface area contributed by atoms with Gasteiger partial charge in [0.1, 0.15) is 0 Å². The first-order chi connectivity index (χ1) is 5.79. The zero-order chi connectivity index (χ0) is 8.81. The van der Waals surface area contributed by atoms with Crippen molar-refractivity contribution in [2.75, 3.05) is 6.54 Å². The zero-order valence-electron chi connectivity index (χ0n) is 7.09. The van der Waals surface area contributed by atoms with Crippen LogP contribution in [0, 0.1) is 0 Å². The molecule has 0 saturated heterocycles. The molecule has 0 spiro atoms. The quantitative estimate of drug-likeness (QED) is 0.659. The van der Waals surface area contributed by atoms with E-state index in [2.05, 4.69) is 24.0 Å². The molecular weight excluding hydrogens is 148 g/mol. The Morgan fingerprint density at radius 1 is 1.50 bits per heavy atom. The summed E-state index contributed by atoms with van der Waals surface area (Å²) in [4.78, 5) is 0. The molecule has 0 aromatic rings. The Morgan fingerprint density at radius 3 is 3.08 bits per heavy atom. The monoisotopic (exact) mass is 162 g/mol. The largest absolute Gasteiger partial charge is 0.386 e. The highest BCUT2D eigenvalue weighted by Crippen LogP contribution is 2.05. The maximum atomic E-state index is 5.38. The van der Waals surface area contributed by atoms with Crippen LogP contribution in [0.5, 0.6) is 0 Å². The van der Waals surface area contributed by atoms with Crippen molar-refractivity contribution in [3.63, 3.8) is 0 Å². The molecule has 0 aromatic heterocycles. The summed E-state index contributed by atoms with van der Waals surface area (Å²) >= 11 is 0. The Balaban J connectivity index is 2.41. The number of nitrogens with two attached hydrogens (primary N) is 1. The summed E-state index contributed by atoms with van der Waals surface area (Å²) in [5.41, 5.74) is 6.69. The van der Waals surface area contributed by atoms with Gasteiger partial charge in [0.05, 0.1) is 5.82 Å². The normalized spacial score (nSPS) is 15.2. The van der Waals surface area contributed by atoms with Gasteiger partial charge in [-0.2, -0.15) is 0 Å². The van der Waals surface area contributed by atoms with Gasteiger partial charge in [-0.3, -0.25) is 0 Å². The van der Waals surface area contributed by atoms with Gasteiger partial charge in [0.2, 0.25) is 0 Å². The summed E-state index contributed by atoms with van der Waals surface area (Å²) in [6.07, 6.45) is 11.3. The van der Waals surface area contributed by atoms with E-state index >= 15 is 0 Å². The van der Waals surface area contributed by atoms with Crippen LogP contribution < -0.4 is 11.1 Å². The summed E-state index contributed by atoms with van der Waals surface area (Å²) in [6, 6.07) is 0. The predicted octanol–water partition coefficient (Wildman–Crippen LogP) is 1.45. The molecule has 0 heterocycles. The van der Waals surface area contributed by atoms with E-state index in [4.69, 9.17) is 5.73 Å². The first-order valence-corrected chi connectivity index (χ1v) is 3.98. The molecule has 0 atom stereocenters. The number of allylic oxidation sites excluding steroid dienone is 5. The van der Waals surface area contributed by atoms with E-state index in [0.717, 1.165) is 13.0 Å². The lowest BCUT2D eigenvalue weighted by Crippen LogP contribution is -2.21. The molecule has 1 aliphatic carbocycles. The number of nitrogens with one attached hydrogen (secondary N) is 1. The topological polar surface area (TPSA) is 38.0 Å². The predicted molar refractivity (Wildman–Crippen MR) is 52.3 cm³/mol. The van der Waals surface area contributed by atoms with Crippen LogP contribution in [0.15, 0.2) is 48.4 Å². The molecule has 0 aliphatic heterocycles. The maximum absolute atomic E-state index is 5.38. The third kappa shape index (κ3) is 3.10. The van der Waals surface area contributed by atoms with Crippen molar-refractivity contribution >= 4 is 0 Å². The number of hydrogen-bond donors (Lipinski definition) is 2. The summed E-state index contributed by atoms with van der Waals surface area (Å²) in [7, 11) is 0. The van der Waals surface area contributed by atoms with Gasteiger partial charge in [-0.25, -0.2) is 0 Å². The van der Waals surface area contributed by atoms with Crippen molar-refractivity contribution in [2.24, 2.45) is 5.73 Å². The van der Waals surface area contributed by atoms with E-state index in [-0.39, 0.29) is 0 Å². The van der Waals surface area contributed by atoms with Crippen molar-refractivity contribution in [3.05, 3.63) is 48.4 Å². The Hall–Kier alpha value is -1.44. The van der Waals surface area contributed by atoms with Gasteiger partial charge in [-0.15, -0.1) is 0 Å². The molecule has 3 N–H and O–H groups in total. The first-order valence-electron chi connectivity index (χ1n) is 3.98. The molecule has 2 heteroatoms. The molecule has 0 aromatic carbocycles. The molecule has 0 fully saturated rings. The van der Waals surface area contributed by atoms with E-state index in [0.29, 0.717) is 5.82 Å². The fraction of sp³-hybridized carbons (Fsp3) is 0.200. The van der Waals surface area contributed by atoms with Crippen molar-refractivity contribution in [1.29, 1.82) is 0 Å². The average Bonchev–Trinajstić information content (AvgIpc) is 2.28. The second kappa shape index (κ2) is 4.44. The molecule has 0 bridgehead atoms. The number of hydrogen-bond acceptors (Lipinski definition) is 2. The van der Waals surface area contributed by atoms with Crippen LogP contribution >= 0.6 is 0 Å². The summed E-state index contributed by atoms with van der Waals surface area (Å²) in [5.74, 6) is 0.521. The van der Waals surface area contributed by atoms with Gasteiger partial charge < -0.3 is 11.1 Å². The second-order valence-corrected chi connectivity index (χ2v) is 2.72. The molecule has 1 rings (SSSR count). The molecule has 0 amide bonds. The lowest BCUT2D eigenvalue weighted by molar-refractivity contribution is 0.845. The summed E-state index contributed by atoms with van der Waals surface area (Å²) < 4.78 is 0. The third-order valence-corrected chi connectivity index (χ3v) is 1.61.